The first-order valence-electron chi connectivity index (χ1n) is 6.07. The number of amides is 1. The molecule has 98 valence electrons. The second-order valence-corrected chi connectivity index (χ2v) is 5.67. The summed E-state index contributed by atoms with van der Waals surface area (Å²) in [5.41, 5.74) is 6.12. The van der Waals surface area contributed by atoms with Gasteiger partial charge in [-0.3, -0.25) is 4.79 Å². The van der Waals surface area contributed by atoms with E-state index in [0.29, 0.717) is 0 Å². The van der Waals surface area contributed by atoms with Crippen LogP contribution in [0.3, 0.4) is 0 Å². The van der Waals surface area contributed by atoms with Crippen LogP contribution in [0.2, 0.25) is 0 Å². The van der Waals surface area contributed by atoms with Crippen LogP contribution in [0.15, 0.2) is 28.7 Å². The van der Waals surface area contributed by atoms with Crippen molar-refractivity contribution in [3.8, 4) is 0 Å². The van der Waals surface area contributed by atoms with Gasteiger partial charge in [-0.15, -0.1) is 0 Å². The predicted octanol–water partition coefficient (Wildman–Crippen LogP) is 1.05. The molecular weight excluding hydrogens is 294 g/mol. The Labute approximate surface area is 116 Å². The van der Waals surface area contributed by atoms with Gasteiger partial charge in [-0.25, -0.2) is 0 Å². The number of halogens is 1. The molecule has 1 aromatic rings. The van der Waals surface area contributed by atoms with Gasteiger partial charge in [0.05, 0.1) is 0 Å². The van der Waals surface area contributed by atoms with Crippen molar-refractivity contribution in [2.24, 2.45) is 5.73 Å². The van der Waals surface area contributed by atoms with Crippen molar-refractivity contribution >= 4 is 21.8 Å². The molecule has 1 heterocycles. The van der Waals surface area contributed by atoms with Crippen molar-refractivity contribution in [2.75, 3.05) is 26.2 Å². The molecule has 0 spiro atoms. The average molecular weight is 312 g/mol. The van der Waals surface area contributed by atoms with Crippen LogP contribution < -0.4 is 11.1 Å². The molecule has 1 unspecified atom stereocenters. The SMILES string of the molecule is CC(N)(C(=O)N1CCNCC1)c1ccc(Br)cc1. The molecule has 3 N–H and O–H groups in total. The van der Waals surface area contributed by atoms with Crippen LogP contribution in [0.5, 0.6) is 0 Å². The number of rotatable bonds is 2. The smallest absolute Gasteiger partial charge is 0.247 e. The molecule has 18 heavy (non-hydrogen) atoms. The maximum atomic E-state index is 12.5. The third-order valence-corrected chi connectivity index (χ3v) is 3.82. The van der Waals surface area contributed by atoms with Crippen LogP contribution in [-0.4, -0.2) is 37.0 Å². The number of nitrogens with two attached hydrogens (primary N) is 1. The Morgan fingerprint density at radius 2 is 1.89 bits per heavy atom. The summed E-state index contributed by atoms with van der Waals surface area (Å²) in [6.07, 6.45) is 0. The molecule has 1 atom stereocenters. The third kappa shape index (κ3) is 2.74. The summed E-state index contributed by atoms with van der Waals surface area (Å²) in [6.45, 7) is 4.90. The van der Waals surface area contributed by atoms with Gasteiger partial charge in [0.2, 0.25) is 5.91 Å². The summed E-state index contributed by atoms with van der Waals surface area (Å²) < 4.78 is 0.983. The maximum absolute atomic E-state index is 12.5. The number of carbonyl (C=O) groups excluding carboxylic acids is 1. The van der Waals surface area contributed by atoms with Gasteiger partial charge in [-0.1, -0.05) is 28.1 Å². The van der Waals surface area contributed by atoms with E-state index in [2.05, 4.69) is 21.2 Å². The van der Waals surface area contributed by atoms with E-state index >= 15 is 0 Å². The Hall–Kier alpha value is -0.910. The quantitative estimate of drug-likeness (QED) is 0.858. The summed E-state index contributed by atoms with van der Waals surface area (Å²) in [6, 6.07) is 7.60. The molecule has 0 bridgehead atoms. The zero-order chi connectivity index (χ0) is 13.2. The summed E-state index contributed by atoms with van der Waals surface area (Å²) in [4.78, 5) is 14.3. The van der Waals surface area contributed by atoms with E-state index in [1.165, 1.54) is 0 Å². The highest BCUT2D eigenvalue weighted by molar-refractivity contribution is 9.10. The van der Waals surface area contributed by atoms with Crippen LogP contribution in [0.1, 0.15) is 12.5 Å². The lowest BCUT2D eigenvalue weighted by molar-refractivity contribution is -0.137. The molecule has 0 aromatic heterocycles. The highest BCUT2D eigenvalue weighted by Gasteiger charge is 2.34. The summed E-state index contributed by atoms with van der Waals surface area (Å²) in [7, 11) is 0. The fraction of sp³-hybridized carbons (Fsp3) is 0.462. The first kappa shape index (κ1) is 13.5. The van der Waals surface area contributed by atoms with Crippen LogP contribution in [0, 0.1) is 0 Å². The lowest BCUT2D eigenvalue weighted by Gasteiger charge is -2.34. The van der Waals surface area contributed by atoms with Crippen molar-refractivity contribution in [1.82, 2.24) is 10.2 Å². The van der Waals surface area contributed by atoms with E-state index in [1.54, 1.807) is 6.92 Å². The number of piperazine rings is 1. The van der Waals surface area contributed by atoms with Crippen LogP contribution in [0.4, 0.5) is 0 Å². The molecule has 0 radical (unpaired) electrons. The average Bonchev–Trinajstić information content (AvgIpc) is 2.39. The third-order valence-electron chi connectivity index (χ3n) is 3.29. The van der Waals surface area contributed by atoms with E-state index in [1.807, 2.05) is 29.2 Å². The minimum atomic E-state index is -0.960. The van der Waals surface area contributed by atoms with Gasteiger partial charge in [0.15, 0.2) is 0 Å². The highest BCUT2D eigenvalue weighted by Crippen LogP contribution is 2.22. The summed E-state index contributed by atoms with van der Waals surface area (Å²) in [5.74, 6) is -0.00803. The first-order valence-corrected chi connectivity index (χ1v) is 6.86. The van der Waals surface area contributed by atoms with Gasteiger partial charge in [0.25, 0.3) is 0 Å². The molecular formula is C13H18BrN3O. The summed E-state index contributed by atoms with van der Waals surface area (Å²) in [5, 5.41) is 3.23. The second kappa shape index (κ2) is 5.38. The van der Waals surface area contributed by atoms with Gasteiger partial charge in [-0.2, -0.15) is 0 Å². The number of carbonyl (C=O) groups is 1. The second-order valence-electron chi connectivity index (χ2n) is 4.75. The predicted molar refractivity (Wildman–Crippen MR) is 75.1 cm³/mol. The van der Waals surface area contributed by atoms with Gasteiger partial charge >= 0.3 is 0 Å². The minimum absolute atomic E-state index is 0.00803. The molecule has 2 rings (SSSR count). The first-order chi connectivity index (χ1) is 8.51. The monoisotopic (exact) mass is 311 g/mol. The van der Waals surface area contributed by atoms with Crippen LogP contribution in [-0.2, 0) is 10.3 Å². The van der Waals surface area contributed by atoms with Crippen molar-refractivity contribution < 1.29 is 4.79 Å². The van der Waals surface area contributed by atoms with Crippen molar-refractivity contribution in [1.29, 1.82) is 0 Å². The lowest BCUT2D eigenvalue weighted by atomic mass is 9.91. The molecule has 1 saturated heterocycles. The van der Waals surface area contributed by atoms with E-state index in [0.717, 1.165) is 36.2 Å². The topological polar surface area (TPSA) is 58.4 Å². The molecule has 1 fully saturated rings. The number of hydrogen-bond acceptors (Lipinski definition) is 3. The van der Waals surface area contributed by atoms with Gasteiger partial charge < -0.3 is 16.0 Å². The molecule has 1 amide bonds. The summed E-state index contributed by atoms with van der Waals surface area (Å²) >= 11 is 3.38. The number of nitrogens with zero attached hydrogens (tertiary/aromatic N) is 1. The molecule has 1 aliphatic rings. The Balaban J connectivity index is 2.18. The van der Waals surface area contributed by atoms with Gasteiger partial charge in [0.1, 0.15) is 5.54 Å². The van der Waals surface area contributed by atoms with Crippen LogP contribution in [0.25, 0.3) is 0 Å². The zero-order valence-corrected chi connectivity index (χ0v) is 12.0. The largest absolute Gasteiger partial charge is 0.338 e. The molecule has 0 aliphatic carbocycles. The van der Waals surface area contributed by atoms with E-state index in [4.69, 9.17) is 5.73 Å². The van der Waals surface area contributed by atoms with Gasteiger partial charge in [-0.05, 0) is 24.6 Å². The van der Waals surface area contributed by atoms with Crippen molar-refractivity contribution in [3.63, 3.8) is 0 Å². The van der Waals surface area contributed by atoms with Crippen molar-refractivity contribution in [2.45, 2.75) is 12.5 Å². The molecule has 4 nitrogen and oxygen atoms in total. The maximum Gasteiger partial charge on any atom is 0.247 e. The van der Waals surface area contributed by atoms with Crippen LogP contribution >= 0.6 is 15.9 Å². The molecule has 0 saturated carbocycles. The standard InChI is InChI=1S/C13H18BrN3O/c1-13(15,10-2-4-11(14)5-3-10)12(18)17-8-6-16-7-9-17/h2-5,16H,6-9,15H2,1H3. The Bertz CT molecular complexity index is 424. The Morgan fingerprint density at radius 1 is 1.33 bits per heavy atom. The van der Waals surface area contributed by atoms with Crippen molar-refractivity contribution in [3.05, 3.63) is 34.3 Å². The fourth-order valence-electron chi connectivity index (χ4n) is 2.12. The lowest BCUT2D eigenvalue weighted by Crippen LogP contribution is -2.56. The minimum Gasteiger partial charge on any atom is -0.338 e. The van der Waals surface area contributed by atoms with E-state index in [9.17, 15) is 4.79 Å². The molecule has 1 aromatic carbocycles. The highest BCUT2D eigenvalue weighted by atomic mass is 79.9. The van der Waals surface area contributed by atoms with E-state index in [-0.39, 0.29) is 5.91 Å². The Kier molecular flexibility index (Phi) is 4.04. The Morgan fingerprint density at radius 3 is 2.44 bits per heavy atom. The fourth-order valence-corrected chi connectivity index (χ4v) is 2.38. The normalized spacial score (nSPS) is 19.4. The van der Waals surface area contributed by atoms with Gasteiger partial charge in [0, 0.05) is 30.7 Å². The number of nitrogens with one attached hydrogen (secondary N) is 1. The number of hydrogen-bond donors (Lipinski definition) is 2. The van der Waals surface area contributed by atoms with E-state index < -0.39 is 5.54 Å². The number of benzene rings is 1. The zero-order valence-electron chi connectivity index (χ0n) is 10.4. The molecule has 5 heteroatoms. The molecule has 1 aliphatic heterocycles.